The Labute approximate surface area is 185 Å². The average molecular weight is 433 g/mol. The van der Waals surface area contributed by atoms with E-state index in [1.165, 1.54) is 6.07 Å². The van der Waals surface area contributed by atoms with Gasteiger partial charge in [-0.1, -0.05) is 54.6 Å². The van der Waals surface area contributed by atoms with Crippen molar-refractivity contribution in [2.75, 3.05) is 0 Å². The van der Waals surface area contributed by atoms with Gasteiger partial charge in [0.2, 0.25) is 5.91 Å². The fourth-order valence-corrected chi connectivity index (χ4v) is 3.30. The molecule has 0 aliphatic carbocycles. The molecule has 165 valence electrons. The largest absolute Gasteiger partial charge is 0.391 e. The SMILES string of the molecule is N[C](C(=O)C(CC(N)=O)NC(=O)c1ccc2ccccc2n1)C(O)CCc1ccccc1. The number of ketones is 1. The van der Waals surface area contributed by atoms with Crippen LogP contribution in [0.1, 0.15) is 28.9 Å². The molecule has 0 fully saturated rings. The number of nitrogens with one attached hydrogen (secondary N) is 1. The highest BCUT2D eigenvalue weighted by atomic mass is 16.3. The molecule has 32 heavy (non-hydrogen) atoms. The van der Waals surface area contributed by atoms with Crippen LogP contribution < -0.4 is 16.8 Å². The van der Waals surface area contributed by atoms with Crippen molar-refractivity contribution in [3.63, 3.8) is 0 Å². The molecule has 3 aromatic rings. The van der Waals surface area contributed by atoms with Gasteiger partial charge in [-0.05, 0) is 30.5 Å². The number of para-hydroxylation sites is 1. The summed E-state index contributed by atoms with van der Waals surface area (Å²) in [6, 6.07) is 18.3. The van der Waals surface area contributed by atoms with Gasteiger partial charge >= 0.3 is 0 Å². The molecule has 2 amide bonds. The highest BCUT2D eigenvalue weighted by Crippen LogP contribution is 2.15. The second-order valence-corrected chi connectivity index (χ2v) is 7.45. The van der Waals surface area contributed by atoms with Crippen molar-refractivity contribution in [1.82, 2.24) is 10.3 Å². The molecule has 6 N–H and O–H groups in total. The highest BCUT2D eigenvalue weighted by molar-refractivity contribution is 6.03. The van der Waals surface area contributed by atoms with Gasteiger partial charge in [0.1, 0.15) is 11.7 Å². The number of aliphatic hydroxyl groups is 1. The summed E-state index contributed by atoms with van der Waals surface area (Å²) in [7, 11) is 0. The molecule has 8 heteroatoms. The molecule has 2 unspecified atom stereocenters. The zero-order valence-corrected chi connectivity index (χ0v) is 17.4. The van der Waals surface area contributed by atoms with Crippen LogP contribution in [0.15, 0.2) is 66.7 Å². The van der Waals surface area contributed by atoms with Crippen LogP contribution >= 0.6 is 0 Å². The van der Waals surface area contributed by atoms with Crippen molar-refractivity contribution in [2.24, 2.45) is 11.5 Å². The lowest BCUT2D eigenvalue weighted by atomic mass is 9.94. The van der Waals surface area contributed by atoms with Crippen molar-refractivity contribution >= 4 is 28.5 Å². The molecule has 3 rings (SSSR count). The van der Waals surface area contributed by atoms with E-state index in [2.05, 4.69) is 10.3 Å². The van der Waals surface area contributed by atoms with E-state index in [0.717, 1.165) is 10.9 Å². The predicted octanol–water partition coefficient (Wildman–Crippen LogP) is 1.26. The summed E-state index contributed by atoms with van der Waals surface area (Å²) >= 11 is 0. The fraction of sp³-hybridized carbons (Fsp3) is 0.208. The number of aliphatic hydroxyl groups excluding tert-OH is 1. The third-order valence-corrected chi connectivity index (χ3v) is 5.05. The molecule has 0 saturated heterocycles. The second-order valence-electron chi connectivity index (χ2n) is 7.45. The maximum Gasteiger partial charge on any atom is 0.270 e. The molecule has 0 aliphatic heterocycles. The van der Waals surface area contributed by atoms with Crippen LogP contribution in [0.25, 0.3) is 10.9 Å². The number of hydrogen-bond acceptors (Lipinski definition) is 6. The molecule has 0 spiro atoms. The van der Waals surface area contributed by atoms with Gasteiger partial charge in [0, 0.05) is 5.39 Å². The summed E-state index contributed by atoms with van der Waals surface area (Å²) in [5.41, 5.74) is 12.8. The van der Waals surface area contributed by atoms with Crippen LogP contribution in [-0.4, -0.2) is 39.8 Å². The average Bonchev–Trinajstić information content (AvgIpc) is 2.81. The summed E-state index contributed by atoms with van der Waals surface area (Å²) in [4.78, 5) is 41.3. The van der Waals surface area contributed by atoms with Crippen molar-refractivity contribution in [2.45, 2.75) is 31.4 Å². The minimum atomic E-state index is -1.31. The standard InChI is InChI=1S/C24H25N4O4/c25-21(30)14-19(23(31)22(26)20(29)13-10-15-6-2-1-3-7-15)28-24(32)18-12-11-16-8-4-5-9-17(16)27-18/h1-9,11-12,19-20,29H,10,13-14,26H2,(H2,25,30)(H,28,32). The molecule has 1 heterocycles. The van der Waals surface area contributed by atoms with E-state index in [1.54, 1.807) is 18.2 Å². The summed E-state index contributed by atoms with van der Waals surface area (Å²) in [6.07, 6.45) is -0.965. The minimum Gasteiger partial charge on any atom is -0.391 e. The van der Waals surface area contributed by atoms with Crippen molar-refractivity contribution in [3.05, 3.63) is 84.0 Å². The van der Waals surface area contributed by atoms with E-state index >= 15 is 0 Å². The number of rotatable bonds is 10. The second kappa shape index (κ2) is 10.6. The first-order chi connectivity index (χ1) is 15.3. The van der Waals surface area contributed by atoms with Gasteiger partial charge in [-0.2, -0.15) is 0 Å². The zero-order valence-electron chi connectivity index (χ0n) is 17.4. The monoisotopic (exact) mass is 433 g/mol. The number of primary amides is 1. The van der Waals surface area contributed by atoms with Crippen molar-refractivity contribution in [3.8, 4) is 0 Å². The van der Waals surface area contributed by atoms with Crippen LogP contribution in [0.4, 0.5) is 0 Å². The number of hydrogen-bond donors (Lipinski definition) is 4. The number of aryl methyl sites for hydroxylation is 1. The molecule has 0 saturated carbocycles. The molecule has 8 nitrogen and oxygen atoms in total. The van der Waals surface area contributed by atoms with Crippen LogP contribution in [0, 0.1) is 6.04 Å². The van der Waals surface area contributed by atoms with Crippen LogP contribution in [0.5, 0.6) is 0 Å². The summed E-state index contributed by atoms with van der Waals surface area (Å²) in [6.45, 7) is 0. The summed E-state index contributed by atoms with van der Waals surface area (Å²) in [5.74, 6) is -2.19. The van der Waals surface area contributed by atoms with E-state index < -0.39 is 36.2 Å². The Morgan fingerprint density at radius 1 is 0.938 bits per heavy atom. The Hall–Kier alpha value is -3.62. The lowest BCUT2D eigenvalue weighted by Crippen LogP contribution is -2.49. The molecular weight excluding hydrogens is 408 g/mol. The lowest BCUT2D eigenvalue weighted by molar-refractivity contribution is -0.125. The Bertz CT molecular complexity index is 1100. The maximum atomic E-state index is 12.8. The quantitative estimate of drug-likeness (QED) is 0.378. The first-order valence-corrected chi connectivity index (χ1v) is 10.2. The van der Waals surface area contributed by atoms with E-state index in [9.17, 15) is 19.5 Å². The number of carbonyl (C=O) groups is 3. The van der Waals surface area contributed by atoms with Gasteiger partial charge in [-0.25, -0.2) is 4.98 Å². The number of aromatic nitrogens is 1. The van der Waals surface area contributed by atoms with Gasteiger partial charge < -0.3 is 21.9 Å². The number of Topliss-reactive ketones (excluding diaryl/α,β-unsaturated/α-hetero) is 1. The van der Waals surface area contributed by atoms with Crippen molar-refractivity contribution < 1.29 is 19.5 Å². The van der Waals surface area contributed by atoms with Crippen LogP contribution in [-0.2, 0) is 16.0 Å². The minimum absolute atomic E-state index is 0.0779. The molecule has 2 aromatic carbocycles. The number of amides is 2. The third-order valence-electron chi connectivity index (χ3n) is 5.05. The Balaban J connectivity index is 1.68. The van der Waals surface area contributed by atoms with Gasteiger partial charge in [0.05, 0.1) is 24.1 Å². The van der Waals surface area contributed by atoms with Gasteiger partial charge in [0.25, 0.3) is 5.91 Å². The molecule has 1 radical (unpaired) electrons. The number of nitrogens with two attached hydrogens (primary N) is 2. The van der Waals surface area contributed by atoms with E-state index in [-0.39, 0.29) is 18.2 Å². The number of nitrogens with zero attached hydrogens (tertiary/aromatic N) is 1. The van der Waals surface area contributed by atoms with Crippen molar-refractivity contribution in [1.29, 1.82) is 0 Å². The molecule has 0 aliphatic rings. The Morgan fingerprint density at radius 2 is 1.62 bits per heavy atom. The number of pyridine rings is 1. The number of fused-ring (bicyclic) bond motifs is 1. The van der Waals surface area contributed by atoms with Gasteiger partial charge in [-0.3, -0.25) is 14.4 Å². The smallest absolute Gasteiger partial charge is 0.270 e. The fourth-order valence-electron chi connectivity index (χ4n) is 3.30. The molecule has 0 bridgehead atoms. The van der Waals surface area contributed by atoms with E-state index in [4.69, 9.17) is 11.5 Å². The van der Waals surface area contributed by atoms with Gasteiger partial charge in [-0.15, -0.1) is 0 Å². The third kappa shape index (κ3) is 5.96. The van der Waals surface area contributed by atoms with Gasteiger partial charge in [0.15, 0.2) is 5.78 Å². The first-order valence-electron chi connectivity index (χ1n) is 10.2. The molecular formula is C24H25N4O4. The van der Waals surface area contributed by atoms with E-state index in [0.29, 0.717) is 11.9 Å². The summed E-state index contributed by atoms with van der Waals surface area (Å²) < 4.78 is 0. The van der Waals surface area contributed by atoms with E-state index in [1.807, 2.05) is 42.5 Å². The Morgan fingerprint density at radius 3 is 2.34 bits per heavy atom. The maximum absolute atomic E-state index is 12.8. The molecule has 2 atom stereocenters. The zero-order chi connectivity index (χ0) is 23.1. The lowest BCUT2D eigenvalue weighted by Gasteiger charge is -2.22. The highest BCUT2D eigenvalue weighted by Gasteiger charge is 2.32. The topological polar surface area (TPSA) is 148 Å². The first kappa shape index (κ1) is 23.1. The number of carbonyl (C=O) groups excluding carboxylic acids is 3. The van der Waals surface area contributed by atoms with Crippen LogP contribution in [0.3, 0.4) is 0 Å². The number of benzene rings is 2. The molecule has 1 aromatic heterocycles. The van der Waals surface area contributed by atoms with Crippen LogP contribution in [0.2, 0.25) is 0 Å². The summed E-state index contributed by atoms with van der Waals surface area (Å²) in [5, 5.41) is 13.7. The normalized spacial score (nSPS) is 13.0. The Kier molecular flexibility index (Phi) is 7.64. The predicted molar refractivity (Wildman–Crippen MR) is 120 cm³/mol.